The van der Waals surface area contributed by atoms with E-state index in [4.69, 9.17) is 4.98 Å². The summed E-state index contributed by atoms with van der Waals surface area (Å²) in [5.41, 5.74) is 2.40. The SMILES string of the molecule is CCCn1c([C@@H]2CC(=O)N(c3ccccc3F)C2)nc2ccccc21. The highest BCUT2D eigenvalue weighted by atomic mass is 19.1. The zero-order valence-corrected chi connectivity index (χ0v) is 14.2. The fourth-order valence-electron chi connectivity index (χ4n) is 3.65. The van der Waals surface area contributed by atoms with Crippen molar-refractivity contribution < 1.29 is 9.18 Å². The maximum atomic E-state index is 14.1. The van der Waals surface area contributed by atoms with E-state index in [9.17, 15) is 9.18 Å². The van der Waals surface area contributed by atoms with Crippen LogP contribution in [0.1, 0.15) is 31.5 Å². The highest BCUT2D eigenvalue weighted by Crippen LogP contribution is 2.34. The highest BCUT2D eigenvalue weighted by Gasteiger charge is 2.35. The van der Waals surface area contributed by atoms with E-state index in [-0.39, 0.29) is 17.6 Å². The first-order valence-electron chi connectivity index (χ1n) is 8.69. The minimum atomic E-state index is -0.362. The lowest BCUT2D eigenvalue weighted by Gasteiger charge is -2.18. The van der Waals surface area contributed by atoms with E-state index in [2.05, 4.69) is 17.6 Å². The molecule has 4 nitrogen and oxygen atoms in total. The van der Waals surface area contributed by atoms with Gasteiger partial charge in [0.05, 0.1) is 16.7 Å². The van der Waals surface area contributed by atoms with Crippen LogP contribution in [-0.4, -0.2) is 22.0 Å². The van der Waals surface area contributed by atoms with Crippen LogP contribution in [0.25, 0.3) is 11.0 Å². The zero-order valence-electron chi connectivity index (χ0n) is 14.2. The fourth-order valence-corrected chi connectivity index (χ4v) is 3.65. The van der Waals surface area contributed by atoms with E-state index >= 15 is 0 Å². The normalized spacial score (nSPS) is 17.6. The van der Waals surface area contributed by atoms with Crippen molar-refractivity contribution in [1.29, 1.82) is 0 Å². The molecule has 0 saturated carbocycles. The number of para-hydroxylation sites is 3. The Labute approximate surface area is 145 Å². The Kier molecular flexibility index (Phi) is 3.99. The molecule has 1 atom stereocenters. The molecule has 5 heteroatoms. The number of halogens is 1. The average Bonchev–Trinajstić information content (AvgIpc) is 3.17. The maximum absolute atomic E-state index is 14.1. The van der Waals surface area contributed by atoms with Crippen molar-refractivity contribution in [2.75, 3.05) is 11.4 Å². The van der Waals surface area contributed by atoms with Gasteiger partial charge in [0, 0.05) is 25.4 Å². The maximum Gasteiger partial charge on any atom is 0.227 e. The van der Waals surface area contributed by atoms with Crippen molar-refractivity contribution in [3.63, 3.8) is 0 Å². The van der Waals surface area contributed by atoms with Gasteiger partial charge in [-0.25, -0.2) is 9.37 Å². The minimum absolute atomic E-state index is 0.0222. The Morgan fingerprint density at radius 2 is 1.92 bits per heavy atom. The summed E-state index contributed by atoms with van der Waals surface area (Å²) in [5.74, 6) is 0.491. The summed E-state index contributed by atoms with van der Waals surface area (Å²) in [4.78, 5) is 18.9. The summed E-state index contributed by atoms with van der Waals surface area (Å²) in [5, 5.41) is 0. The molecule has 0 spiro atoms. The molecular weight excluding hydrogens is 317 g/mol. The van der Waals surface area contributed by atoms with Gasteiger partial charge in [-0.05, 0) is 30.7 Å². The van der Waals surface area contributed by atoms with Gasteiger partial charge >= 0.3 is 0 Å². The van der Waals surface area contributed by atoms with Crippen molar-refractivity contribution >= 4 is 22.6 Å². The van der Waals surface area contributed by atoms with Crippen LogP contribution in [-0.2, 0) is 11.3 Å². The van der Waals surface area contributed by atoms with E-state index in [1.807, 2.05) is 18.2 Å². The Bertz CT molecular complexity index is 934. The van der Waals surface area contributed by atoms with E-state index in [0.29, 0.717) is 18.7 Å². The monoisotopic (exact) mass is 337 g/mol. The van der Waals surface area contributed by atoms with Crippen LogP contribution in [0.5, 0.6) is 0 Å². The number of carbonyl (C=O) groups excluding carboxylic acids is 1. The zero-order chi connectivity index (χ0) is 17.4. The van der Waals surface area contributed by atoms with Gasteiger partial charge in [0.15, 0.2) is 0 Å². The number of amides is 1. The molecule has 0 unspecified atom stereocenters. The van der Waals surface area contributed by atoms with E-state index < -0.39 is 0 Å². The first kappa shape index (κ1) is 15.8. The lowest BCUT2D eigenvalue weighted by molar-refractivity contribution is -0.117. The highest BCUT2D eigenvalue weighted by molar-refractivity contribution is 5.96. The number of hydrogen-bond acceptors (Lipinski definition) is 2. The minimum Gasteiger partial charge on any atom is -0.328 e. The van der Waals surface area contributed by atoms with Crippen LogP contribution in [0, 0.1) is 5.82 Å². The van der Waals surface area contributed by atoms with Crippen molar-refractivity contribution in [1.82, 2.24) is 9.55 Å². The number of aryl methyl sites for hydroxylation is 1. The Morgan fingerprint density at radius 1 is 1.16 bits per heavy atom. The summed E-state index contributed by atoms with van der Waals surface area (Å²) in [7, 11) is 0. The molecule has 2 aromatic carbocycles. The lowest BCUT2D eigenvalue weighted by atomic mass is 10.1. The molecule has 1 amide bonds. The molecule has 4 rings (SSSR count). The van der Waals surface area contributed by atoms with E-state index in [1.54, 1.807) is 23.1 Å². The molecule has 3 aromatic rings. The second kappa shape index (κ2) is 6.31. The summed E-state index contributed by atoms with van der Waals surface area (Å²) in [6.07, 6.45) is 1.35. The molecule has 1 fully saturated rings. The second-order valence-electron chi connectivity index (χ2n) is 6.47. The third kappa shape index (κ3) is 2.69. The third-order valence-corrected chi connectivity index (χ3v) is 4.76. The number of imidazole rings is 1. The van der Waals surface area contributed by atoms with Crippen LogP contribution in [0.2, 0.25) is 0 Å². The molecule has 0 radical (unpaired) electrons. The van der Waals surface area contributed by atoms with Gasteiger partial charge in [-0.2, -0.15) is 0 Å². The lowest BCUT2D eigenvalue weighted by Crippen LogP contribution is -2.25. The summed E-state index contributed by atoms with van der Waals surface area (Å²) in [6, 6.07) is 14.5. The molecule has 128 valence electrons. The third-order valence-electron chi connectivity index (χ3n) is 4.76. The van der Waals surface area contributed by atoms with Gasteiger partial charge in [-0.3, -0.25) is 4.79 Å². The van der Waals surface area contributed by atoms with E-state index in [1.165, 1.54) is 6.07 Å². The van der Waals surface area contributed by atoms with E-state index in [0.717, 1.165) is 29.8 Å². The molecule has 1 aromatic heterocycles. The Balaban J connectivity index is 1.72. The number of anilines is 1. The summed E-state index contributed by atoms with van der Waals surface area (Å²) < 4.78 is 16.3. The summed E-state index contributed by atoms with van der Waals surface area (Å²) >= 11 is 0. The summed E-state index contributed by atoms with van der Waals surface area (Å²) in [6.45, 7) is 3.46. The molecule has 0 bridgehead atoms. The first-order chi connectivity index (χ1) is 12.2. The molecule has 1 aliphatic rings. The van der Waals surface area contributed by atoms with Crippen molar-refractivity contribution in [2.24, 2.45) is 0 Å². The molecule has 2 heterocycles. The predicted molar refractivity (Wildman–Crippen MR) is 96.1 cm³/mol. The number of benzene rings is 2. The van der Waals surface area contributed by atoms with Gasteiger partial charge in [-0.1, -0.05) is 31.2 Å². The Hall–Kier alpha value is -2.69. The number of hydrogen-bond donors (Lipinski definition) is 0. The standard InChI is InChI=1S/C20H20FN3O/c1-2-11-23-18-10-6-4-8-16(18)22-20(23)14-12-19(25)24(13-14)17-9-5-3-7-15(17)21/h3-10,14H,2,11-13H2,1H3/t14-/m1/s1. The second-order valence-corrected chi connectivity index (χ2v) is 6.47. The smallest absolute Gasteiger partial charge is 0.227 e. The van der Waals surface area contributed by atoms with Crippen molar-refractivity contribution in [3.05, 3.63) is 60.2 Å². The van der Waals surface area contributed by atoms with Crippen LogP contribution < -0.4 is 4.90 Å². The van der Waals surface area contributed by atoms with Crippen LogP contribution in [0.4, 0.5) is 10.1 Å². The predicted octanol–water partition coefficient (Wildman–Crippen LogP) is 4.11. The fraction of sp³-hybridized carbons (Fsp3) is 0.300. The van der Waals surface area contributed by atoms with Gasteiger partial charge < -0.3 is 9.47 Å². The first-order valence-corrected chi connectivity index (χ1v) is 8.69. The molecule has 1 saturated heterocycles. The largest absolute Gasteiger partial charge is 0.328 e. The number of carbonyl (C=O) groups is 1. The average molecular weight is 337 g/mol. The molecule has 0 N–H and O–H groups in total. The molecular formula is C20H20FN3O. The quantitative estimate of drug-likeness (QED) is 0.719. The topological polar surface area (TPSA) is 38.1 Å². The molecule has 25 heavy (non-hydrogen) atoms. The van der Waals surface area contributed by atoms with Crippen LogP contribution in [0.3, 0.4) is 0 Å². The van der Waals surface area contributed by atoms with Crippen LogP contribution in [0.15, 0.2) is 48.5 Å². The Morgan fingerprint density at radius 3 is 2.72 bits per heavy atom. The molecule has 0 aliphatic carbocycles. The van der Waals surface area contributed by atoms with Gasteiger partial charge in [-0.15, -0.1) is 0 Å². The number of aromatic nitrogens is 2. The van der Waals surface area contributed by atoms with Crippen molar-refractivity contribution in [3.8, 4) is 0 Å². The number of nitrogens with zero attached hydrogens (tertiary/aromatic N) is 3. The number of fused-ring (bicyclic) bond motifs is 1. The van der Waals surface area contributed by atoms with Crippen molar-refractivity contribution in [2.45, 2.75) is 32.2 Å². The van der Waals surface area contributed by atoms with Gasteiger partial charge in [0.2, 0.25) is 5.91 Å². The van der Waals surface area contributed by atoms with Gasteiger partial charge in [0.25, 0.3) is 0 Å². The van der Waals surface area contributed by atoms with Crippen LogP contribution >= 0.6 is 0 Å². The number of rotatable bonds is 4. The molecule has 1 aliphatic heterocycles. The van der Waals surface area contributed by atoms with Gasteiger partial charge in [0.1, 0.15) is 11.6 Å².